The highest BCUT2D eigenvalue weighted by atomic mass is 32.1. The molecule has 20 heavy (non-hydrogen) atoms. The molecule has 0 fully saturated rings. The molecule has 2 aromatic rings. The van der Waals surface area contributed by atoms with E-state index in [0.717, 1.165) is 5.56 Å². The Balaban J connectivity index is 2.70. The highest BCUT2D eigenvalue weighted by molar-refractivity contribution is 7.71. The van der Waals surface area contributed by atoms with E-state index in [9.17, 15) is 10.2 Å². The molecule has 0 saturated heterocycles. The van der Waals surface area contributed by atoms with E-state index in [1.165, 1.54) is 6.07 Å². The first-order valence-corrected chi connectivity index (χ1v) is 6.96. The van der Waals surface area contributed by atoms with Crippen molar-refractivity contribution in [1.29, 1.82) is 0 Å². The molecule has 1 aromatic heterocycles. The standard InChI is InChI=1S/C14H19N3O2S/c1-7(2)9-5-10(12(19)6-11(9)18)13-15-16-14(20)17(13)8(3)4/h5-8,18-19H,1-4H3,(H,16,20). The SMILES string of the molecule is CC(C)c1cc(-c2n[nH]c(=S)n2C(C)C)c(O)cc1O. The van der Waals surface area contributed by atoms with Crippen LogP contribution in [0.15, 0.2) is 12.1 Å². The number of nitrogens with one attached hydrogen (secondary N) is 1. The number of hydrogen-bond donors (Lipinski definition) is 3. The van der Waals surface area contributed by atoms with Gasteiger partial charge in [0.2, 0.25) is 0 Å². The maximum Gasteiger partial charge on any atom is 0.195 e. The smallest absolute Gasteiger partial charge is 0.195 e. The fraction of sp³-hybridized carbons (Fsp3) is 0.429. The molecule has 0 amide bonds. The van der Waals surface area contributed by atoms with Gasteiger partial charge in [-0.3, -0.25) is 9.67 Å². The van der Waals surface area contributed by atoms with Crippen molar-refractivity contribution in [3.63, 3.8) is 0 Å². The maximum absolute atomic E-state index is 10.1. The summed E-state index contributed by atoms with van der Waals surface area (Å²) in [5.74, 6) is 0.794. The Morgan fingerprint density at radius 1 is 1.15 bits per heavy atom. The van der Waals surface area contributed by atoms with Crippen LogP contribution in [0.5, 0.6) is 11.5 Å². The molecule has 2 rings (SSSR count). The van der Waals surface area contributed by atoms with Gasteiger partial charge in [-0.25, -0.2) is 0 Å². The molecule has 0 aliphatic carbocycles. The Hall–Kier alpha value is -1.82. The minimum atomic E-state index is -0.0113. The van der Waals surface area contributed by atoms with Gasteiger partial charge in [-0.1, -0.05) is 13.8 Å². The van der Waals surface area contributed by atoms with Crippen molar-refractivity contribution in [1.82, 2.24) is 14.8 Å². The lowest BCUT2D eigenvalue weighted by atomic mass is 9.98. The van der Waals surface area contributed by atoms with Crippen LogP contribution < -0.4 is 0 Å². The van der Waals surface area contributed by atoms with Gasteiger partial charge in [-0.15, -0.1) is 0 Å². The number of phenolic OH excluding ortho intramolecular Hbond substituents is 2. The van der Waals surface area contributed by atoms with E-state index in [1.807, 2.05) is 32.3 Å². The summed E-state index contributed by atoms with van der Waals surface area (Å²) in [6.07, 6.45) is 0. The summed E-state index contributed by atoms with van der Waals surface area (Å²) in [7, 11) is 0. The molecule has 3 N–H and O–H groups in total. The number of aromatic hydroxyl groups is 2. The van der Waals surface area contributed by atoms with Gasteiger partial charge >= 0.3 is 0 Å². The topological polar surface area (TPSA) is 74.1 Å². The second-order valence-corrected chi connectivity index (χ2v) is 5.79. The normalized spacial score (nSPS) is 11.5. The fourth-order valence-electron chi connectivity index (χ4n) is 2.21. The van der Waals surface area contributed by atoms with Crippen LogP contribution in [0.3, 0.4) is 0 Å². The Morgan fingerprint density at radius 2 is 1.80 bits per heavy atom. The zero-order chi connectivity index (χ0) is 15.0. The molecule has 0 atom stereocenters. The van der Waals surface area contributed by atoms with Crippen LogP contribution in [0.1, 0.15) is 45.2 Å². The summed E-state index contributed by atoms with van der Waals surface area (Å²) in [5.41, 5.74) is 1.33. The molecular weight excluding hydrogens is 274 g/mol. The zero-order valence-corrected chi connectivity index (χ0v) is 12.8. The van der Waals surface area contributed by atoms with E-state index in [1.54, 1.807) is 6.07 Å². The van der Waals surface area contributed by atoms with E-state index in [4.69, 9.17) is 12.2 Å². The molecule has 1 aromatic carbocycles. The van der Waals surface area contributed by atoms with Crippen molar-refractivity contribution >= 4 is 12.2 Å². The lowest BCUT2D eigenvalue weighted by molar-refractivity contribution is 0.444. The zero-order valence-electron chi connectivity index (χ0n) is 12.0. The highest BCUT2D eigenvalue weighted by Crippen LogP contribution is 2.37. The van der Waals surface area contributed by atoms with Crippen LogP contribution in [0.4, 0.5) is 0 Å². The van der Waals surface area contributed by atoms with Gasteiger partial charge in [0.25, 0.3) is 0 Å². The largest absolute Gasteiger partial charge is 0.508 e. The van der Waals surface area contributed by atoms with Crippen molar-refractivity contribution in [2.75, 3.05) is 0 Å². The predicted molar refractivity (Wildman–Crippen MR) is 80.7 cm³/mol. The molecule has 1 heterocycles. The number of hydrogen-bond acceptors (Lipinski definition) is 4. The Morgan fingerprint density at radius 3 is 2.35 bits per heavy atom. The fourth-order valence-corrected chi connectivity index (χ4v) is 2.55. The van der Waals surface area contributed by atoms with E-state index in [-0.39, 0.29) is 23.5 Å². The van der Waals surface area contributed by atoms with Crippen LogP contribution >= 0.6 is 12.2 Å². The molecule has 0 aliphatic rings. The third kappa shape index (κ3) is 2.43. The number of aromatic amines is 1. The van der Waals surface area contributed by atoms with E-state index < -0.39 is 0 Å². The van der Waals surface area contributed by atoms with E-state index in [0.29, 0.717) is 16.2 Å². The molecule has 5 nitrogen and oxygen atoms in total. The van der Waals surface area contributed by atoms with Gasteiger partial charge in [0.1, 0.15) is 11.5 Å². The average molecular weight is 293 g/mol. The average Bonchev–Trinajstić information content (AvgIpc) is 2.70. The minimum Gasteiger partial charge on any atom is -0.508 e. The lowest BCUT2D eigenvalue weighted by Gasteiger charge is -2.14. The number of benzene rings is 1. The predicted octanol–water partition coefficient (Wildman–Crippen LogP) is 3.72. The molecular formula is C14H19N3O2S. The third-order valence-electron chi connectivity index (χ3n) is 3.23. The van der Waals surface area contributed by atoms with Crippen LogP contribution in [0.25, 0.3) is 11.4 Å². The first-order chi connectivity index (χ1) is 9.32. The van der Waals surface area contributed by atoms with E-state index >= 15 is 0 Å². The molecule has 0 unspecified atom stereocenters. The van der Waals surface area contributed by atoms with Crippen LogP contribution in [0.2, 0.25) is 0 Å². The van der Waals surface area contributed by atoms with Gasteiger partial charge in [-0.05, 0) is 43.6 Å². The van der Waals surface area contributed by atoms with Crippen LogP contribution in [0, 0.1) is 4.77 Å². The van der Waals surface area contributed by atoms with Crippen LogP contribution in [-0.2, 0) is 0 Å². The summed E-state index contributed by atoms with van der Waals surface area (Å²) in [6.45, 7) is 7.95. The Labute approximate surface area is 122 Å². The molecule has 0 radical (unpaired) electrons. The lowest BCUT2D eigenvalue weighted by Crippen LogP contribution is -2.04. The van der Waals surface area contributed by atoms with Gasteiger partial charge in [0.15, 0.2) is 10.6 Å². The molecule has 0 aliphatic heterocycles. The number of phenols is 2. The first-order valence-electron chi connectivity index (χ1n) is 6.56. The summed E-state index contributed by atoms with van der Waals surface area (Å²) in [4.78, 5) is 0. The van der Waals surface area contributed by atoms with Gasteiger partial charge in [0, 0.05) is 12.1 Å². The van der Waals surface area contributed by atoms with E-state index in [2.05, 4.69) is 10.2 Å². The second kappa shape index (κ2) is 5.28. The number of aromatic nitrogens is 3. The first kappa shape index (κ1) is 14.6. The Kier molecular flexibility index (Phi) is 3.85. The van der Waals surface area contributed by atoms with Crippen molar-refractivity contribution in [2.45, 2.75) is 39.7 Å². The summed E-state index contributed by atoms with van der Waals surface area (Å²) >= 11 is 5.22. The molecule has 108 valence electrons. The van der Waals surface area contributed by atoms with Crippen molar-refractivity contribution in [3.05, 3.63) is 22.5 Å². The minimum absolute atomic E-state index is 0.0113. The van der Waals surface area contributed by atoms with Crippen molar-refractivity contribution in [3.8, 4) is 22.9 Å². The third-order valence-corrected chi connectivity index (χ3v) is 3.52. The summed E-state index contributed by atoms with van der Waals surface area (Å²) in [5, 5.41) is 27.0. The molecule has 0 spiro atoms. The van der Waals surface area contributed by atoms with Gasteiger partial charge in [0.05, 0.1) is 5.56 Å². The molecule has 0 saturated carbocycles. The Bertz CT molecular complexity index is 686. The monoisotopic (exact) mass is 293 g/mol. The maximum atomic E-state index is 10.1. The van der Waals surface area contributed by atoms with Crippen LogP contribution in [-0.4, -0.2) is 25.0 Å². The van der Waals surface area contributed by atoms with Gasteiger partial charge in [-0.2, -0.15) is 5.10 Å². The summed E-state index contributed by atoms with van der Waals surface area (Å²) < 4.78 is 2.35. The number of H-pyrrole nitrogens is 1. The van der Waals surface area contributed by atoms with Gasteiger partial charge < -0.3 is 10.2 Å². The number of rotatable bonds is 3. The van der Waals surface area contributed by atoms with Crippen molar-refractivity contribution < 1.29 is 10.2 Å². The van der Waals surface area contributed by atoms with Crippen molar-refractivity contribution in [2.24, 2.45) is 0 Å². The quantitative estimate of drug-likeness (QED) is 0.754. The summed E-state index contributed by atoms with van der Waals surface area (Å²) in [6, 6.07) is 3.23. The number of nitrogens with zero attached hydrogens (tertiary/aromatic N) is 2. The molecule has 6 heteroatoms. The molecule has 0 bridgehead atoms. The highest BCUT2D eigenvalue weighted by Gasteiger charge is 2.18. The second-order valence-electron chi connectivity index (χ2n) is 5.40.